The summed E-state index contributed by atoms with van der Waals surface area (Å²) in [6.07, 6.45) is 0. The second-order valence-corrected chi connectivity index (χ2v) is 11.7. The number of fused-ring (bicyclic) bond motifs is 3. The van der Waals surface area contributed by atoms with Crippen LogP contribution in [0.2, 0.25) is 0 Å². The van der Waals surface area contributed by atoms with E-state index in [1.54, 1.807) is 11.3 Å². The minimum Gasteiger partial charge on any atom is -0.227 e. The fourth-order valence-electron chi connectivity index (χ4n) is 5.74. The Bertz CT molecular complexity index is 2200. The lowest BCUT2D eigenvalue weighted by Crippen LogP contribution is -1.94. The number of nitrogens with zero attached hydrogens (tertiary/aromatic N) is 2. The van der Waals surface area contributed by atoms with Gasteiger partial charge in [-0.2, -0.15) is 0 Å². The van der Waals surface area contributed by atoms with Gasteiger partial charge in [0.25, 0.3) is 0 Å². The summed E-state index contributed by atoms with van der Waals surface area (Å²) in [5.41, 5.74) is 10.2. The van der Waals surface area contributed by atoms with Crippen LogP contribution in [0.5, 0.6) is 0 Å². The second kappa shape index (κ2) is 10.8. The molecule has 0 aliphatic carbocycles. The highest BCUT2D eigenvalue weighted by atomic mass is 32.1. The zero-order valence-electron chi connectivity index (χ0n) is 23.3. The van der Waals surface area contributed by atoms with Gasteiger partial charge in [-0.15, -0.1) is 11.3 Å². The van der Waals surface area contributed by atoms with Gasteiger partial charge in [0, 0.05) is 26.6 Å². The summed E-state index contributed by atoms with van der Waals surface area (Å²) in [7, 11) is 0. The highest BCUT2D eigenvalue weighted by molar-refractivity contribution is 7.25. The average Bonchev–Trinajstić information content (AvgIpc) is 3.48. The molecule has 2 aromatic heterocycles. The summed E-state index contributed by atoms with van der Waals surface area (Å²) < 4.78 is 1.22. The van der Waals surface area contributed by atoms with Crippen LogP contribution >= 0.6 is 11.3 Å². The predicted octanol–water partition coefficient (Wildman–Crippen LogP) is 11.2. The summed E-state index contributed by atoms with van der Waals surface area (Å²) in [5.74, 6) is 0.741. The van der Waals surface area contributed by atoms with Crippen LogP contribution in [-0.2, 0) is 0 Å². The third-order valence-electron chi connectivity index (χ3n) is 7.95. The first-order valence-electron chi connectivity index (χ1n) is 14.4. The molecule has 0 aliphatic rings. The van der Waals surface area contributed by atoms with E-state index < -0.39 is 0 Å². The van der Waals surface area contributed by atoms with Crippen LogP contribution in [0.1, 0.15) is 0 Å². The number of rotatable bonds is 5. The molecule has 2 nitrogen and oxygen atoms in total. The van der Waals surface area contributed by atoms with Gasteiger partial charge in [0.2, 0.25) is 0 Å². The Morgan fingerprint density at radius 1 is 0.372 bits per heavy atom. The van der Waals surface area contributed by atoms with Crippen LogP contribution in [0.15, 0.2) is 158 Å². The lowest BCUT2D eigenvalue weighted by atomic mass is 9.99. The van der Waals surface area contributed by atoms with Crippen molar-refractivity contribution >= 4 is 31.6 Å². The molecule has 43 heavy (non-hydrogen) atoms. The smallest absolute Gasteiger partial charge is 0.161 e. The van der Waals surface area contributed by atoms with Crippen LogP contribution < -0.4 is 0 Å². The molecule has 0 atom stereocenters. The molecule has 2 heterocycles. The van der Waals surface area contributed by atoms with Crippen LogP contribution in [-0.4, -0.2) is 9.97 Å². The van der Waals surface area contributed by atoms with E-state index in [0.29, 0.717) is 0 Å². The number of benzene rings is 6. The maximum atomic E-state index is 5.24. The van der Waals surface area contributed by atoms with Crippen molar-refractivity contribution in [1.82, 2.24) is 9.97 Å². The first-order chi connectivity index (χ1) is 21.3. The molecule has 8 rings (SSSR count). The fraction of sp³-hybridized carbons (Fsp3) is 0. The molecule has 0 spiro atoms. The molecule has 202 valence electrons. The summed E-state index contributed by atoms with van der Waals surface area (Å²) in [6.45, 7) is 0. The van der Waals surface area contributed by atoms with Crippen molar-refractivity contribution in [3.63, 3.8) is 0 Å². The average molecular weight is 567 g/mol. The zero-order chi connectivity index (χ0) is 28.6. The van der Waals surface area contributed by atoms with E-state index in [9.17, 15) is 0 Å². The molecular formula is C40H26N2S. The number of thiophene rings is 1. The largest absolute Gasteiger partial charge is 0.227 e. The molecule has 6 aromatic carbocycles. The standard InChI is InChI=1S/C40H26N2S/c1-3-10-27(11-4-1)29-18-20-30(21-19-29)31-22-24-32(25-23-31)39-41-38(37-35-16-7-8-17-36(35)43-40(37)42-39)34-15-9-14-33(26-34)28-12-5-2-6-13-28/h1-26H. The van der Waals surface area contributed by atoms with Crippen molar-refractivity contribution in [3.8, 4) is 56.0 Å². The Hall–Kier alpha value is -5.38. The third-order valence-corrected chi connectivity index (χ3v) is 9.02. The molecule has 0 N–H and O–H groups in total. The molecule has 0 saturated heterocycles. The molecule has 0 unspecified atom stereocenters. The number of hydrogen-bond acceptors (Lipinski definition) is 3. The molecule has 0 bridgehead atoms. The van der Waals surface area contributed by atoms with Gasteiger partial charge in [-0.1, -0.05) is 146 Å². The van der Waals surface area contributed by atoms with Gasteiger partial charge < -0.3 is 0 Å². The topological polar surface area (TPSA) is 25.8 Å². The molecular weight excluding hydrogens is 541 g/mol. The highest BCUT2D eigenvalue weighted by Gasteiger charge is 2.17. The molecule has 0 fully saturated rings. The Kier molecular flexibility index (Phi) is 6.36. The van der Waals surface area contributed by atoms with Gasteiger partial charge >= 0.3 is 0 Å². The molecule has 0 radical (unpaired) electrons. The van der Waals surface area contributed by atoms with Crippen molar-refractivity contribution in [1.29, 1.82) is 0 Å². The van der Waals surface area contributed by atoms with E-state index in [0.717, 1.165) is 32.9 Å². The van der Waals surface area contributed by atoms with Gasteiger partial charge in [0.15, 0.2) is 5.82 Å². The maximum Gasteiger partial charge on any atom is 0.161 e. The summed E-state index contributed by atoms with van der Waals surface area (Å²) in [6, 6.07) is 55.6. The first kappa shape index (κ1) is 25.3. The van der Waals surface area contributed by atoms with Crippen LogP contribution in [0.4, 0.5) is 0 Å². The van der Waals surface area contributed by atoms with Gasteiger partial charge in [0.05, 0.1) is 5.69 Å². The minimum absolute atomic E-state index is 0.741. The maximum absolute atomic E-state index is 5.24. The second-order valence-electron chi connectivity index (χ2n) is 10.6. The molecule has 3 heteroatoms. The van der Waals surface area contributed by atoms with E-state index in [1.165, 1.54) is 43.5 Å². The van der Waals surface area contributed by atoms with Crippen molar-refractivity contribution in [3.05, 3.63) is 158 Å². The summed E-state index contributed by atoms with van der Waals surface area (Å²) in [4.78, 5) is 11.4. The van der Waals surface area contributed by atoms with E-state index >= 15 is 0 Å². The van der Waals surface area contributed by atoms with E-state index in [-0.39, 0.29) is 0 Å². The summed E-state index contributed by atoms with van der Waals surface area (Å²) >= 11 is 1.73. The number of aromatic nitrogens is 2. The molecule has 8 aromatic rings. The van der Waals surface area contributed by atoms with Crippen molar-refractivity contribution in [2.24, 2.45) is 0 Å². The van der Waals surface area contributed by atoms with Gasteiger partial charge in [0.1, 0.15) is 4.83 Å². The Balaban J connectivity index is 1.21. The predicted molar refractivity (Wildman–Crippen MR) is 182 cm³/mol. The highest BCUT2D eigenvalue weighted by Crippen LogP contribution is 2.40. The lowest BCUT2D eigenvalue weighted by molar-refractivity contribution is 1.24. The normalized spacial score (nSPS) is 11.3. The number of hydrogen-bond donors (Lipinski definition) is 0. The third kappa shape index (κ3) is 4.80. The van der Waals surface area contributed by atoms with Gasteiger partial charge in [-0.05, 0) is 45.5 Å². The fourth-order valence-corrected chi connectivity index (χ4v) is 6.81. The Labute approximate surface area is 254 Å². The van der Waals surface area contributed by atoms with Crippen molar-refractivity contribution in [2.75, 3.05) is 0 Å². The Morgan fingerprint density at radius 2 is 0.860 bits per heavy atom. The minimum atomic E-state index is 0.741. The molecule has 0 saturated carbocycles. The first-order valence-corrected chi connectivity index (χ1v) is 15.2. The van der Waals surface area contributed by atoms with Crippen molar-refractivity contribution < 1.29 is 0 Å². The quantitative estimate of drug-likeness (QED) is 0.207. The summed E-state index contributed by atoms with van der Waals surface area (Å²) in [5, 5.41) is 2.31. The van der Waals surface area contributed by atoms with Crippen LogP contribution in [0.25, 0.3) is 76.3 Å². The van der Waals surface area contributed by atoms with Crippen LogP contribution in [0, 0.1) is 0 Å². The van der Waals surface area contributed by atoms with Gasteiger partial charge in [-0.25, -0.2) is 9.97 Å². The van der Waals surface area contributed by atoms with Crippen molar-refractivity contribution in [2.45, 2.75) is 0 Å². The van der Waals surface area contributed by atoms with Crippen LogP contribution in [0.3, 0.4) is 0 Å². The Morgan fingerprint density at radius 3 is 1.51 bits per heavy atom. The molecule has 0 aliphatic heterocycles. The van der Waals surface area contributed by atoms with E-state index in [4.69, 9.17) is 9.97 Å². The SMILES string of the molecule is c1ccc(-c2ccc(-c3ccc(-c4nc(-c5cccc(-c6ccccc6)c5)c5c(n4)sc4ccccc45)cc3)cc2)cc1. The van der Waals surface area contributed by atoms with Gasteiger partial charge in [-0.3, -0.25) is 0 Å². The van der Waals surface area contributed by atoms with E-state index in [1.807, 2.05) is 6.07 Å². The molecule has 0 amide bonds. The monoisotopic (exact) mass is 566 g/mol. The zero-order valence-corrected chi connectivity index (χ0v) is 24.1. The van der Waals surface area contributed by atoms with E-state index in [2.05, 4.69) is 152 Å². The lowest BCUT2D eigenvalue weighted by Gasteiger charge is -2.10.